The highest BCUT2D eigenvalue weighted by Crippen LogP contribution is 2.13. The minimum Gasteiger partial charge on any atom is -0.341 e. The van der Waals surface area contributed by atoms with Crippen molar-refractivity contribution in [3.05, 3.63) is 35.6 Å². The van der Waals surface area contributed by atoms with Crippen LogP contribution >= 0.6 is 0 Å². The third-order valence-corrected chi connectivity index (χ3v) is 3.56. The molecular formula is C15H21FN2O. The fourth-order valence-electron chi connectivity index (χ4n) is 2.51. The zero-order valence-corrected chi connectivity index (χ0v) is 11.4. The second-order valence-electron chi connectivity index (χ2n) is 4.95. The van der Waals surface area contributed by atoms with Gasteiger partial charge < -0.3 is 10.2 Å². The van der Waals surface area contributed by atoms with E-state index < -0.39 is 0 Å². The van der Waals surface area contributed by atoms with Gasteiger partial charge in [0, 0.05) is 13.1 Å². The number of amides is 1. The van der Waals surface area contributed by atoms with Crippen LogP contribution in [-0.2, 0) is 11.2 Å². The molecule has 0 spiro atoms. The van der Waals surface area contributed by atoms with E-state index in [0.717, 1.165) is 37.9 Å². The van der Waals surface area contributed by atoms with E-state index in [4.69, 9.17) is 0 Å². The van der Waals surface area contributed by atoms with Crippen LogP contribution in [0.1, 0.15) is 25.3 Å². The monoisotopic (exact) mass is 264 g/mol. The van der Waals surface area contributed by atoms with E-state index in [-0.39, 0.29) is 17.8 Å². The van der Waals surface area contributed by atoms with Crippen LogP contribution in [0.4, 0.5) is 4.39 Å². The van der Waals surface area contributed by atoms with Gasteiger partial charge in [-0.05, 0) is 43.5 Å². The summed E-state index contributed by atoms with van der Waals surface area (Å²) in [5, 5.41) is 3.23. The van der Waals surface area contributed by atoms with Crippen LogP contribution in [-0.4, -0.2) is 36.5 Å². The van der Waals surface area contributed by atoms with Crippen LogP contribution in [0.15, 0.2) is 24.3 Å². The Bertz CT molecular complexity index is 417. The summed E-state index contributed by atoms with van der Waals surface area (Å²) in [4.78, 5) is 14.1. The first-order valence-corrected chi connectivity index (χ1v) is 6.97. The summed E-state index contributed by atoms with van der Waals surface area (Å²) in [6.45, 7) is 4.39. The molecule has 0 saturated carbocycles. The van der Waals surface area contributed by atoms with Crippen molar-refractivity contribution in [1.82, 2.24) is 10.2 Å². The highest BCUT2D eigenvalue weighted by molar-refractivity contribution is 5.82. The van der Waals surface area contributed by atoms with Crippen molar-refractivity contribution >= 4 is 5.91 Å². The quantitative estimate of drug-likeness (QED) is 0.882. The maximum atomic E-state index is 12.8. The second-order valence-corrected chi connectivity index (χ2v) is 4.95. The van der Waals surface area contributed by atoms with Crippen molar-refractivity contribution in [2.45, 2.75) is 32.2 Å². The Kier molecular flexibility index (Phi) is 4.91. The first-order chi connectivity index (χ1) is 9.20. The van der Waals surface area contributed by atoms with Crippen molar-refractivity contribution < 1.29 is 9.18 Å². The fourth-order valence-corrected chi connectivity index (χ4v) is 2.51. The maximum absolute atomic E-state index is 12.8. The molecule has 0 bridgehead atoms. The third kappa shape index (κ3) is 3.77. The summed E-state index contributed by atoms with van der Waals surface area (Å²) in [6, 6.07) is 6.48. The molecule has 1 fully saturated rings. The van der Waals surface area contributed by atoms with Gasteiger partial charge in [-0.1, -0.05) is 19.1 Å². The lowest BCUT2D eigenvalue weighted by Gasteiger charge is -2.32. The Labute approximate surface area is 113 Å². The lowest BCUT2D eigenvalue weighted by molar-refractivity contribution is -0.135. The number of likely N-dealkylation sites (N-methyl/N-ethyl adjacent to an activating group) is 1. The van der Waals surface area contributed by atoms with Crippen LogP contribution in [0, 0.1) is 5.82 Å². The van der Waals surface area contributed by atoms with Crippen LogP contribution < -0.4 is 5.32 Å². The van der Waals surface area contributed by atoms with Gasteiger partial charge in [-0.3, -0.25) is 4.79 Å². The number of piperidine rings is 1. The van der Waals surface area contributed by atoms with Gasteiger partial charge in [0.05, 0.1) is 6.04 Å². The molecule has 19 heavy (non-hydrogen) atoms. The Morgan fingerprint density at radius 2 is 2.11 bits per heavy atom. The topological polar surface area (TPSA) is 32.3 Å². The summed E-state index contributed by atoms with van der Waals surface area (Å²) >= 11 is 0. The second kappa shape index (κ2) is 6.66. The highest BCUT2D eigenvalue weighted by Gasteiger charge is 2.27. The molecule has 1 aliphatic rings. The van der Waals surface area contributed by atoms with Crippen molar-refractivity contribution in [2.75, 3.05) is 19.6 Å². The number of likely N-dealkylation sites (tertiary alicyclic amines) is 1. The molecule has 0 radical (unpaired) electrons. The van der Waals surface area contributed by atoms with E-state index in [1.165, 1.54) is 12.1 Å². The Morgan fingerprint density at radius 1 is 1.37 bits per heavy atom. The number of hydrogen-bond acceptors (Lipinski definition) is 2. The number of halogens is 1. The van der Waals surface area contributed by atoms with E-state index in [2.05, 4.69) is 5.32 Å². The summed E-state index contributed by atoms with van der Waals surface area (Å²) < 4.78 is 12.8. The number of nitrogens with zero attached hydrogens (tertiary/aromatic N) is 1. The van der Waals surface area contributed by atoms with E-state index in [9.17, 15) is 9.18 Å². The van der Waals surface area contributed by atoms with Gasteiger partial charge >= 0.3 is 0 Å². The van der Waals surface area contributed by atoms with E-state index >= 15 is 0 Å². The van der Waals surface area contributed by atoms with Crippen molar-refractivity contribution in [1.29, 1.82) is 0 Å². The van der Waals surface area contributed by atoms with Crippen LogP contribution in [0.2, 0.25) is 0 Å². The van der Waals surface area contributed by atoms with Crippen molar-refractivity contribution in [2.24, 2.45) is 0 Å². The van der Waals surface area contributed by atoms with Crippen molar-refractivity contribution in [3.8, 4) is 0 Å². The van der Waals surface area contributed by atoms with Gasteiger partial charge in [0.2, 0.25) is 5.91 Å². The Balaban J connectivity index is 1.88. The van der Waals surface area contributed by atoms with E-state index in [1.807, 2.05) is 11.8 Å². The van der Waals surface area contributed by atoms with Crippen LogP contribution in [0.3, 0.4) is 0 Å². The molecule has 1 atom stereocenters. The summed E-state index contributed by atoms with van der Waals surface area (Å²) in [5.41, 5.74) is 1.07. The zero-order chi connectivity index (χ0) is 13.7. The molecule has 104 valence electrons. The lowest BCUT2D eigenvalue weighted by Crippen LogP contribution is -2.51. The fraction of sp³-hybridized carbons (Fsp3) is 0.533. The summed E-state index contributed by atoms with van der Waals surface area (Å²) in [5.74, 6) is -0.0137. The van der Waals surface area contributed by atoms with Crippen LogP contribution in [0.5, 0.6) is 0 Å². The van der Waals surface area contributed by atoms with Crippen LogP contribution in [0.25, 0.3) is 0 Å². The molecule has 3 nitrogen and oxygen atoms in total. The van der Waals surface area contributed by atoms with Crippen molar-refractivity contribution in [3.63, 3.8) is 0 Å². The molecule has 4 heteroatoms. The average molecular weight is 264 g/mol. The standard InChI is InChI=1S/C15H21FN2O/c1-2-17-14-4-3-10-18(15(14)19)11-9-12-5-7-13(16)8-6-12/h5-8,14,17H,2-4,9-11H2,1H3. The smallest absolute Gasteiger partial charge is 0.239 e. The number of carbonyl (C=O) groups excluding carboxylic acids is 1. The first-order valence-electron chi connectivity index (χ1n) is 6.97. The molecule has 1 amide bonds. The molecule has 2 rings (SSSR count). The molecular weight excluding hydrogens is 243 g/mol. The summed E-state index contributed by atoms with van der Waals surface area (Å²) in [6.07, 6.45) is 2.76. The minimum absolute atomic E-state index is 0.0213. The number of rotatable bonds is 5. The zero-order valence-electron chi connectivity index (χ0n) is 11.4. The van der Waals surface area contributed by atoms with E-state index in [0.29, 0.717) is 6.54 Å². The summed E-state index contributed by atoms with van der Waals surface area (Å²) in [7, 11) is 0. The Morgan fingerprint density at radius 3 is 2.79 bits per heavy atom. The molecule has 1 aliphatic heterocycles. The number of nitrogens with one attached hydrogen (secondary N) is 1. The Hall–Kier alpha value is -1.42. The van der Waals surface area contributed by atoms with Gasteiger partial charge in [0.1, 0.15) is 5.82 Å². The number of benzene rings is 1. The lowest BCUT2D eigenvalue weighted by atomic mass is 10.0. The molecule has 1 unspecified atom stereocenters. The minimum atomic E-state index is -0.218. The number of hydrogen-bond donors (Lipinski definition) is 1. The number of carbonyl (C=O) groups is 1. The van der Waals surface area contributed by atoms with E-state index in [1.54, 1.807) is 12.1 Å². The maximum Gasteiger partial charge on any atom is 0.239 e. The molecule has 1 N–H and O–H groups in total. The normalized spacial score (nSPS) is 19.8. The molecule has 1 heterocycles. The van der Waals surface area contributed by atoms with Gasteiger partial charge in [0.25, 0.3) is 0 Å². The molecule has 0 aliphatic carbocycles. The van der Waals surface area contributed by atoms with Gasteiger partial charge in [-0.15, -0.1) is 0 Å². The predicted molar refractivity (Wildman–Crippen MR) is 73.4 cm³/mol. The molecule has 1 aromatic carbocycles. The molecule has 1 saturated heterocycles. The largest absolute Gasteiger partial charge is 0.341 e. The molecule has 0 aromatic heterocycles. The van der Waals surface area contributed by atoms with Gasteiger partial charge in [-0.2, -0.15) is 0 Å². The molecule has 1 aromatic rings. The van der Waals surface area contributed by atoms with Gasteiger partial charge in [0.15, 0.2) is 0 Å². The predicted octanol–water partition coefficient (Wildman–Crippen LogP) is 1.97. The SMILES string of the molecule is CCNC1CCCN(CCc2ccc(F)cc2)C1=O. The van der Waals surface area contributed by atoms with Gasteiger partial charge in [-0.25, -0.2) is 4.39 Å². The average Bonchev–Trinajstić information content (AvgIpc) is 2.42. The third-order valence-electron chi connectivity index (χ3n) is 3.56. The first kappa shape index (κ1) is 14.0. The highest BCUT2D eigenvalue weighted by atomic mass is 19.1.